The first-order valence-corrected chi connectivity index (χ1v) is 17.7. The minimum Gasteiger partial charge on any atom is -0.479 e. The topological polar surface area (TPSA) is 202 Å². The van der Waals surface area contributed by atoms with E-state index in [4.69, 9.17) is 19.3 Å². The van der Waals surface area contributed by atoms with Crippen LogP contribution in [0.5, 0.6) is 11.8 Å². The van der Waals surface area contributed by atoms with E-state index in [1.807, 2.05) is 0 Å². The van der Waals surface area contributed by atoms with E-state index in [0.717, 1.165) is 29.8 Å². The maximum Gasteiger partial charge on any atom is 0.344 e. The number of para-hydroxylation sites is 2. The number of anilines is 2. The number of aryl methyl sites for hydroxylation is 4. The molecule has 2 aromatic carbocycles. The second-order valence-corrected chi connectivity index (χ2v) is 12.6. The minimum atomic E-state index is -1.12. The second-order valence-electron chi connectivity index (χ2n) is 12.6. The molecule has 0 aliphatic rings. The van der Waals surface area contributed by atoms with Crippen molar-refractivity contribution >= 4 is 35.1 Å². The molecule has 0 atom stereocenters. The van der Waals surface area contributed by atoms with Gasteiger partial charge >= 0.3 is 11.9 Å². The first kappa shape index (κ1) is 43.5. The maximum absolute atomic E-state index is 13.8. The van der Waals surface area contributed by atoms with Gasteiger partial charge in [0.25, 0.3) is 11.8 Å². The summed E-state index contributed by atoms with van der Waals surface area (Å²) >= 11 is 0. The number of hydrogen-bond donors (Lipinski definition) is 3. The van der Waals surface area contributed by atoms with Gasteiger partial charge in [0.15, 0.2) is 24.6 Å². The molecule has 0 unspecified atom stereocenters. The fourth-order valence-corrected chi connectivity index (χ4v) is 5.48. The molecule has 4 aromatic heterocycles. The van der Waals surface area contributed by atoms with Gasteiger partial charge in [0.05, 0.1) is 18.0 Å². The molecule has 0 radical (unpaired) electrons. The van der Waals surface area contributed by atoms with Gasteiger partial charge in [0.2, 0.25) is 11.8 Å². The molecule has 2 amide bonds. The standard InChI is InChI=1S/C21H20F2N4O4.C19H16F2N4O4/c1-4-30-19(28)11-31-18-8-12(2)13(10-24-18)17-9-16(26-27(17)3)21(29)25-20-14(22)6-5-7-15(20)23;1-10-6-16(29-9-17(26)27)22-8-11(10)15-7-14(24-25(15)2)19(28)23-18-12(20)4-3-5-13(18)21/h5-10H,4,11H2,1-3H3,(H,25,29);3-8H,9H2,1-2H3,(H,23,28)(H,26,27). The molecule has 16 nitrogen and oxygen atoms in total. The van der Waals surface area contributed by atoms with Crippen molar-refractivity contribution in [3.63, 3.8) is 0 Å². The molecule has 60 heavy (non-hydrogen) atoms. The third kappa shape index (κ3) is 10.6. The lowest BCUT2D eigenvalue weighted by molar-refractivity contribution is -0.145. The van der Waals surface area contributed by atoms with Crippen molar-refractivity contribution in [1.82, 2.24) is 29.5 Å². The van der Waals surface area contributed by atoms with E-state index in [9.17, 15) is 36.7 Å². The maximum atomic E-state index is 13.8. The van der Waals surface area contributed by atoms with Crippen molar-refractivity contribution in [3.8, 4) is 34.3 Å². The first-order valence-electron chi connectivity index (χ1n) is 17.7. The summed E-state index contributed by atoms with van der Waals surface area (Å²) in [4.78, 5) is 55.0. The number of rotatable bonds is 13. The van der Waals surface area contributed by atoms with Crippen LogP contribution in [0.1, 0.15) is 39.0 Å². The zero-order valence-corrected chi connectivity index (χ0v) is 32.5. The zero-order chi connectivity index (χ0) is 43.7. The first-order chi connectivity index (χ1) is 28.6. The minimum absolute atomic E-state index is 0.0257. The van der Waals surface area contributed by atoms with Gasteiger partial charge in [-0.1, -0.05) is 12.1 Å². The number of aliphatic carboxylic acids is 1. The molecule has 0 saturated carbocycles. The number of halogens is 4. The van der Waals surface area contributed by atoms with Crippen LogP contribution in [0.4, 0.5) is 28.9 Å². The number of nitrogens with one attached hydrogen (secondary N) is 2. The summed E-state index contributed by atoms with van der Waals surface area (Å²) in [6, 6.07) is 12.7. The highest BCUT2D eigenvalue weighted by Gasteiger charge is 2.21. The number of pyridine rings is 2. The van der Waals surface area contributed by atoms with E-state index in [1.165, 1.54) is 46.0 Å². The van der Waals surface area contributed by atoms with Gasteiger partial charge in [0, 0.05) is 49.7 Å². The lowest BCUT2D eigenvalue weighted by Crippen LogP contribution is -2.15. The van der Waals surface area contributed by atoms with Crippen LogP contribution < -0.4 is 20.1 Å². The van der Waals surface area contributed by atoms with Gasteiger partial charge in [-0.15, -0.1) is 0 Å². The summed E-state index contributed by atoms with van der Waals surface area (Å²) in [5.74, 6) is -6.34. The van der Waals surface area contributed by atoms with Crippen LogP contribution in [0.3, 0.4) is 0 Å². The highest BCUT2D eigenvalue weighted by atomic mass is 19.1. The van der Waals surface area contributed by atoms with Gasteiger partial charge in [-0.05, 0) is 68.3 Å². The SMILES string of the molecule is CCOC(=O)COc1cc(C)c(-c2cc(C(=O)Nc3c(F)cccc3F)nn2C)cn1.Cc1cc(OCC(=O)O)ncc1-c1cc(C(=O)Nc2c(F)cccc2F)nn1C. The van der Waals surface area contributed by atoms with Crippen molar-refractivity contribution < 1.29 is 56.1 Å². The third-order valence-electron chi connectivity index (χ3n) is 8.34. The lowest BCUT2D eigenvalue weighted by Gasteiger charge is -2.09. The molecule has 3 N–H and O–H groups in total. The second kappa shape index (κ2) is 19.2. The van der Waals surface area contributed by atoms with Gasteiger partial charge < -0.3 is 30.0 Å². The van der Waals surface area contributed by atoms with E-state index in [0.29, 0.717) is 28.1 Å². The van der Waals surface area contributed by atoms with E-state index in [1.54, 1.807) is 47.0 Å². The largest absolute Gasteiger partial charge is 0.479 e. The summed E-state index contributed by atoms with van der Waals surface area (Å²) < 4.78 is 73.1. The van der Waals surface area contributed by atoms with Crippen LogP contribution in [0, 0.1) is 37.1 Å². The Labute approximate surface area is 338 Å². The van der Waals surface area contributed by atoms with Crippen molar-refractivity contribution in [2.24, 2.45) is 14.1 Å². The normalized spacial score (nSPS) is 10.6. The summed E-state index contributed by atoms with van der Waals surface area (Å²) in [6.07, 6.45) is 2.98. The highest BCUT2D eigenvalue weighted by Crippen LogP contribution is 2.28. The van der Waals surface area contributed by atoms with Crippen molar-refractivity contribution in [2.45, 2.75) is 20.8 Å². The van der Waals surface area contributed by atoms with Crippen LogP contribution in [-0.4, -0.2) is 78.2 Å². The number of ether oxygens (including phenoxy) is 3. The molecular weight excluding hydrogens is 796 g/mol. The Hall–Kier alpha value is -7.64. The Kier molecular flexibility index (Phi) is 13.9. The lowest BCUT2D eigenvalue weighted by atomic mass is 10.1. The Morgan fingerprint density at radius 3 is 1.43 bits per heavy atom. The number of benzene rings is 2. The van der Waals surface area contributed by atoms with Crippen LogP contribution in [0.25, 0.3) is 22.5 Å². The highest BCUT2D eigenvalue weighted by molar-refractivity contribution is 6.04. The van der Waals surface area contributed by atoms with E-state index >= 15 is 0 Å². The number of amides is 2. The quantitative estimate of drug-likeness (QED) is 0.0901. The molecule has 4 heterocycles. The van der Waals surface area contributed by atoms with E-state index in [2.05, 4.69) is 30.8 Å². The number of carbonyl (C=O) groups is 4. The predicted molar refractivity (Wildman–Crippen MR) is 206 cm³/mol. The Morgan fingerprint density at radius 2 is 1.07 bits per heavy atom. The predicted octanol–water partition coefficient (Wildman–Crippen LogP) is 6.05. The number of aromatic nitrogens is 6. The summed E-state index contributed by atoms with van der Waals surface area (Å²) in [5.41, 5.74) is 2.66. The van der Waals surface area contributed by atoms with Gasteiger partial charge in [0.1, 0.15) is 34.6 Å². The van der Waals surface area contributed by atoms with Crippen molar-refractivity contribution in [2.75, 3.05) is 30.5 Å². The third-order valence-corrected chi connectivity index (χ3v) is 8.34. The molecule has 0 fully saturated rings. The summed E-state index contributed by atoms with van der Waals surface area (Å²) in [7, 11) is 3.23. The summed E-state index contributed by atoms with van der Waals surface area (Å²) in [5, 5.41) is 21.3. The number of esters is 1. The molecule has 6 aromatic rings. The molecule has 0 bridgehead atoms. The smallest absolute Gasteiger partial charge is 0.344 e. The number of nitrogens with zero attached hydrogens (tertiary/aromatic N) is 6. The monoisotopic (exact) mass is 832 g/mol. The van der Waals surface area contributed by atoms with Crippen LogP contribution in [-0.2, 0) is 28.4 Å². The van der Waals surface area contributed by atoms with Crippen LogP contribution in [0.15, 0.2) is 73.1 Å². The van der Waals surface area contributed by atoms with E-state index < -0.39 is 65.0 Å². The number of carbonyl (C=O) groups excluding carboxylic acids is 3. The Bertz CT molecular complexity index is 2540. The number of carboxylic acids is 1. The fraction of sp³-hybridized carbons (Fsp3) is 0.200. The van der Waals surface area contributed by atoms with Gasteiger partial charge in [-0.3, -0.25) is 19.0 Å². The Morgan fingerprint density at radius 1 is 0.667 bits per heavy atom. The average Bonchev–Trinajstić information content (AvgIpc) is 3.78. The molecular formula is C40H36F4N8O8. The number of carboxylic acid groups (broad SMARTS) is 1. The molecule has 0 aliphatic heterocycles. The molecule has 0 saturated heterocycles. The number of hydrogen-bond acceptors (Lipinski definition) is 11. The van der Waals surface area contributed by atoms with Crippen molar-refractivity contribution in [1.29, 1.82) is 0 Å². The zero-order valence-electron chi connectivity index (χ0n) is 32.5. The average molecular weight is 833 g/mol. The van der Waals surface area contributed by atoms with Crippen LogP contribution >= 0.6 is 0 Å². The molecule has 0 aliphatic carbocycles. The van der Waals surface area contributed by atoms with Crippen molar-refractivity contribution in [3.05, 3.63) is 119 Å². The summed E-state index contributed by atoms with van der Waals surface area (Å²) in [6.45, 7) is 4.73. The molecule has 6 rings (SSSR count). The molecule has 0 spiro atoms. The Balaban J connectivity index is 0.000000228. The molecule has 312 valence electrons. The van der Waals surface area contributed by atoms with Gasteiger partial charge in [-0.2, -0.15) is 10.2 Å². The molecule has 20 heteroatoms. The van der Waals surface area contributed by atoms with E-state index in [-0.39, 0.29) is 36.4 Å². The van der Waals surface area contributed by atoms with Crippen LogP contribution in [0.2, 0.25) is 0 Å². The van der Waals surface area contributed by atoms with Gasteiger partial charge in [-0.25, -0.2) is 37.1 Å². The fourth-order valence-electron chi connectivity index (χ4n) is 5.48.